The third-order valence-electron chi connectivity index (χ3n) is 4.30. The van der Waals surface area contributed by atoms with Crippen LogP contribution in [0.2, 0.25) is 0 Å². The van der Waals surface area contributed by atoms with Crippen molar-refractivity contribution in [2.24, 2.45) is 5.92 Å². The first-order valence-electron chi connectivity index (χ1n) is 7.88. The smallest absolute Gasteiger partial charge is 0.229 e. The van der Waals surface area contributed by atoms with Gasteiger partial charge in [-0.05, 0) is 54.3 Å². The van der Waals surface area contributed by atoms with E-state index in [0.29, 0.717) is 10.8 Å². The number of carbonyl (C=O) groups excluding carboxylic acids is 1. The van der Waals surface area contributed by atoms with Crippen molar-refractivity contribution >= 4 is 22.4 Å². The third-order valence-corrected chi connectivity index (χ3v) is 5.06. The first-order chi connectivity index (χ1) is 12.1. The molecule has 0 spiro atoms. The van der Waals surface area contributed by atoms with Gasteiger partial charge in [0.2, 0.25) is 5.91 Å². The summed E-state index contributed by atoms with van der Waals surface area (Å²) in [6.45, 7) is 0. The van der Waals surface area contributed by atoms with E-state index in [1.54, 1.807) is 24.3 Å². The van der Waals surface area contributed by atoms with Gasteiger partial charge in [0.05, 0.1) is 5.69 Å². The van der Waals surface area contributed by atoms with E-state index in [9.17, 15) is 13.6 Å². The SMILES string of the molecule is O=C(Nc1nc(-c2ccc(F)cc2)cs1)C1CC1c1ccc(F)cc1. The number of benzene rings is 2. The largest absolute Gasteiger partial charge is 0.302 e. The molecule has 2 unspecified atom stereocenters. The Balaban J connectivity index is 1.40. The Hall–Kier alpha value is -2.60. The lowest BCUT2D eigenvalue weighted by molar-refractivity contribution is -0.117. The summed E-state index contributed by atoms with van der Waals surface area (Å²) in [6, 6.07) is 12.3. The van der Waals surface area contributed by atoms with Crippen LogP contribution in [0, 0.1) is 17.6 Å². The molecule has 0 bridgehead atoms. The molecule has 0 radical (unpaired) electrons. The molecule has 1 aromatic heterocycles. The van der Waals surface area contributed by atoms with Gasteiger partial charge in [0.25, 0.3) is 0 Å². The molecule has 6 heteroatoms. The number of rotatable bonds is 4. The Bertz CT molecular complexity index is 906. The highest BCUT2D eigenvalue weighted by Gasteiger charge is 2.44. The van der Waals surface area contributed by atoms with Crippen molar-refractivity contribution in [1.29, 1.82) is 0 Å². The molecule has 3 nitrogen and oxygen atoms in total. The highest BCUT2D eigenvalue weighted by atomic mass is 32.1. The van der Waals surface area contributed by atoms with Crippen LogP contribution < -0.4 is 5.32 Å². The maximum atomic E-state index is 13.0. The molecule has 25 heavy (non-hydrogen) atoms. The van der Waals surface area contributed by atoms with E-state index in [4.69, 9.17) is 0 Å². The highest BCUT2D eigenvalue weighted by molar-refractivity contribution is 7.14. The van der Waals surface area contributed by atoms with Crippen LogP contribution in [-0.2, 0) is 4.79 Å². The van der Waals surface area contributed by atoms with Crippen LogP contribution in [0.25, 0.3) is 11.3 Å². The molecule has 1 fully saturated rings. The molecule has 1 aliphatic carbocycles. The van der Waals surface area contributed by atoms with E-state index in [2.05, 4.69) is 10.3 Å². The van der Waals surface area contributed by atoms with Crippen LogP contribution in [0.3, 0.4) is 0 Å². The lowest BCUT2D eigenvalue weighted by atomic mass is 10.1. The van der Waals surface area contributed by atoms with Crippen molar-refractivity contribution in [2.75, 3.05) is 5.32 Å². The van der Waals surface area contributed by atoms with E-state index in [0.717, 1.165) is 17.5 Å². The zero-order valence-corrected chi connectivity index (χ0v) is 13.9. The summed E-state index contributed by atoms with van der Waals surface area (Å²) < 4.78 is 25.9. The van der Waals surface area contributed by atoms with Crippen molar-refractivity contribution in [3.63, 3.8) is 0 Å². The molecule has 1 amide bonds. The standard InChI is InChI=1S/C19H14F2N2OS/c20-13-5-1-11(2-6-13)15-9-16(15)18(24)23-19-22-17(10-25-19)12-3-7-14(21)8-4-12/h1-8,10,15-16H,9H2,(H,22,23,24). The number of thiazole rings is 1. The zero-order chi connectivity index (χ0) is 17.4. The second-order valence-corrected chi connectivity index (χ2v) is 6.89. The van der Waals surface area contributed by atoms with Crippen molar-refractivity contribution in [3.05, 3.63) is 71.1 Å². The van der Waals surface area contributed by atoms with Gasteiger partial charge < -0.3 is 5.32 Å². The zero-order valence-electron chi connectivity index (χ0n) is 13.1. The predicted octanol–water partition coefficient (Wildman–Crippen LogP) is 4.83. The number of nitrogens with zero attached hydrogens (tertiary/aromatic N) is 1. The second-order valence-electron chi connectivity index (χ2n) is 6.03. The fraction of sp³-hybridized carbons (Fsp3) is 0.158. The van der Waals surface area contributed by atoms with E-state index in [1.165, 1.54) is 35.6 Å². The van der Waals surface area contributed by atoms with Gasteiger partial charge in [-0.15, -0.1) is 11.3 Å². The summed E-state index contributed by atoms with van der Waals surface area (Å²) in [5.41, 5.74) is 2.48. The number of aromatic nitrogens is 1. The first-order valence-corrected chi connectivity index (χ1v) is 8.76. The van der Waals surface area contributed by atoms with E-state index in [-0.39, 0.29) is 29.4 Å². The Morgan fingerprint density at radius 2 is 1.68 bits per heavy atom. The van der Waals surface area contributed by atoms with Gasteiger partial charge >= 0.3 is 0 Å². The average Bonchev–Trinajstić information content (AvgIpc) is 3.28. The van der Waals surface area contributed by atoms with Gasteiger partial charge in [-0.1, -0.05) is 12.1 Å². The Labute approximate surface area is 147 Å². The van der Waals surface area contributed by atoms with Gasteiger partial charge in [-0.2, -0.15) is 0 Å². The summed E-state index contributed by atoms with van der Waals surface area (Å²) in [7, 11) is 0. The topological polar surface area (TPSA) is 42.0 Å². The fourth-order valence-corrected chi connectivity index (χ4v) is 3.57. The Kier molecular flexibility index (Phi) is 4.05. The third kappa shape index (κ3) is 3.44. The molecule has 2 aromatic carbocycles. The summed E-state index contributed by atoms with van der Waals surface area (Å²) in [4.78, 5) is 16.7. The monoisotopic (exact) mass is 356 g/mol. The number of amides is 1. The molecule has 2 atom stereocenters. The fourth-order valence-electron chi connectivity index (χ4n) is 2.85. The van der Waals surface area contributed by atoms with Gasteiger partial charge in [-0.25, -0.2) is 13.8 Å². The van der Waals surface area contributed by atoms with Crippen LogP contribution in [0.1, 0.15) is 17.9 Å². The molecule has 4 rings (SSSR count). The van der Waals surface area contributed by atoms with Crippen LogP contribution in [-0.4, -0.2) is 10.9 Å². The number of nitrogens with one attached hydrogen (secondary N) is 1. The van der Waals surface area contributed by atoms with Crippen LogP contribution in [0.15, 0.2) is 53.9 Å². The summed E-state index contributed by atoms with van der Waals surface area (Å²) in [5, 5.41) is 5.19. The van der Waals surface area contributed by atoms with Crippen molar-refractivity contribution in [3.8, 4) is 11.3 Å². The number of carbonyl (C=O) groups is 1. The molecule has 1 saturated carbocycles. The van der Waals surface area contributed by atoms with Crippen LogP contribution in [0.5, 0.6) is 0 Å². The number of halogens is 2. The molecule has 0 aliphatic heterocycles. The second kappa shape index (κ2) is 6.37. The lowest BCUT2D eigenvalue weighted by Crippen LogP contribution is -2.14. The maximum absolute atomic E-state index is 13.0. The van der Waals surface area contributed by atoms with Gasteiger partial charge in [0.1, 0.15) is 11.6 Å². The molecule has 126 valence electrons. The molecule has 0 saturated heterocycles. The predicted molar refractivity (Wildman–Crippen MR) is 93.4 cm³/mol. The summed E-state index contributed by atoms with van der Waals surface area (Å²) in [6.07, 6.45) is 0.758. The molecule has 1 N–H and O–H groups in total. The molecular formula is C19H14F2N2OS. The van der Waals surface area contributed by atoms with Crippen molar-refractivity contribution in [1.82, 2.24) is 4.98 Å². The maximum Gasteiger partial charge on any atom is 0.229 e. The Morgan fingerprint density at radius 3 is 2.36 bits per heavy atom. The molecular weight excluding hydrogens is 342 g/mol. The highest BCUT2D eigenvalue weighted by Crippen LogP contribution is 2.48. The molecule has 1 heterocycles. The molecule has 3 aromatic rings. The minimum absolute atomic E-state index is 0.0747. The first kappa shape index (κ1) is 15.9. The number of hydrogen-bond acceptors (Lipinski definition) is 3. The molecule has 1 aliphatic rings. The number of anilines is 1. The minimum atomic E-state index is -0.298. The average molecular weight is 356 g/mol. The minimum Gasteiger partial charge on any atom is -0.302 e. The van der Waals surface area contributed by atoms with E-state index >= 15 is 0 Å². The van der Waals surface area contributed by atoms with E-state index < -0.39 is 0 Å². The Morgan fingerprint density at radius 1 is 1.04 bits per heavy atom. The van der Waals surface area contributed by atoms with Gasteiger partial charge in [0.15, 0.2) is 5.13 Å². The van der Waals surface area contributed by atoms with Crippen molar-refractivity contribution < 1.29 is 13.6 Å². The van der Waals surface area contributed by atoms with Gasteiger partial charge in [0, 0.05) is 16.9 Å². The number of hydrogen-bond donors (Lipinski definition) is 1. The van der Waals surface area contributed by atoms with Gasteiger partial charge in [-0.3, -0.25) is 4.79 Å². The van der Waals surface area contributed by atoms with Crippen LogP contribution >= 0.6 is 11.3 Å². The quantitative estimate of drug-likeness (QED) is 0.727. The normalized spacial score (nSPS) is 18.8. The summed E-state index contributed by atoms with van der Waals surface area (Å²) >= 11 is 1.33. The van der Waals surface area contributed by atoms with Crippen molar-refractivity contribution in [2.45, 2.75) is 12.3 Å². The van der Waals surface area contributed by atoms with E-state index in [1.807, 2.05) is 5.38 Å². The van der Waals surface area contributed by atoms with Crippen LogP contribution in [0.4, 0.5) is 13.9 Å². The summed E-state index contributed by atoms with van der Waals surface area (Å²) in [5.74, 6) is -0.621. The lowest BCUT2D eigenvalue weighted by Gasteiger charge is -2.02.